The highest BCUT2D eigenvalue weighted by Gasteiger charge is 2.25. The molecule has 0 N–H and O–H groups in total. The van der Waals surface area contributed by atoms with Gasteiger partial charge in [0.25, 0.3) is 0 Å². The lowest BCUT2D eigenvalue weighted by molar-refractivity contribution is 0.155. The molecule has 0 fully saturated rings. The van der Waals surface area contributed by atoms with Gasteiger partial charge in [-0.15, -0.1) is 0 Å². The molecule has 23 heavy (non-hydrogen) atoms. The summed E-state index contributed by atoms with van der Waals surface area (Å²) in [6.45, 7) is 7.99. The summed E-state index contributed by atoms with van der Waals surface area (Å²) in [5, 5.41) is 0. The fourth-order valence-corrected chi connectivity index (χ4v) is 3.03. The van der Waals surface area contributed by atoms with Gasteiger partial charge in [0.15, 0.2) is 0 Å². The zero-order chi connectivity index (χ0) is 16.7. The predicted octanol–water partition coefficient (Wildman–Crippen LogP) is 5.44. The van der Waals surface area contributed by atoms with Gasteiger partial charge in [-0.3, -0.25) is 4.90 Å². The van der Waals surface area contributed by atoms with Gasteiger partial charge in [-0.2, -0.15) is 0 Å². The topological polar surface area (TPSA) is 3.24 Å². The number of benzene rings is 2. The molecule has 0 aliphatic carbocycles. The van der Waals surface area contributed by atoms with Crippen molar-refractivity contribution in [2.24, 2.45) is 0 Å². The Bertz CT molecular complexity index is 569. The fraction of sp³-hybridized carbons (Fsp3) is 0.455. The van der Waals surface area contributed by atoms with Gasteiger partial charge in [-0.05, 0) is 63.4 Å². The van der Waals surface area contributed by atoms with Crippen LogP contribution in [0.5, 0.6) is 0 Å². The second-order valence-electron chi connectivity index (χ2n) is 7.02. The number of aryl methyl sites for hydroxylation is 2. The smallest absolute Gasteiger partial charge is 0.0401 e. The molecule has 0 radical (unpaired) electrons. The summed E-state index contributed by atoms with van der Waals surface area (Å²) in [7, 11) is 2.24. The first-order valence-electron chi connectivity index (χ1n) is 8.88. The number of hydrogen-bond donors (Lipinski definition) is 0. The third kappa shape index (κ3) is 4.94. The minimum absolute atomic E-state index is 0.0709. The van der Waals surface area contributed by atoms with E-state index in [9.17, 15) is 0 Å². The first-order valence-corrected chi connectivity index (χ1v) is 8.88. The Labute approximate surface area is 142 Å². The zero-order valence-corrected chi connectivity index (χ0v) is 15.2. The van der Waals surface area contributed by atoms with Crippen LogP contribution in [0.2, 0.25) is 0 Å². The molecule has 0 spiro atoms. The van der Waals surface area contributed by atoms with E-state index in [0.717, 1.165) is 13.0 Å². The van der Waals surface area contributed by atoms with E-state index in [1.165, 1.54) is 36.0 Å². The number of rotatable bonds is 8. The standard InChI is InChI=1S/C22H31N/c1-5-10-19-14-16-21(17-15-19)22(2,3)23(4)18-9-13-20-11-7-6-8-12-20/h6-8,11-12,14-17H,5,9-10,13,18H2,1-4H3. The van der Waals surface area contributed by atoms with Crippen molar-refractivity contribution in [3.8, 4) is 0 Å². The summed E-state index contributed by atoms with van der Waals surface area (Å²) in [5.41, 5.74) is 4.35. The molecule has 0 heterocycles. The lowest BCUT2D eigenvalue weighted by Crippen LogP contribution is -2.39. The van der Waals surface area contributed by atoms with Crippen LogP contribution in [-0.4, -0.2) is 18.5 Å². The van der Waals surface area contributed by atoms with Gasteiger partial charge in [-0.1, -0.05) is 67.9 Å². The number of hydrogen-bond acceptors (Lipinski definition) is 1. The van der Waals surface area contributed by atoms with Crippen molar-refractivity contribution in [2.75, 3.05) is 13.6 Å². The van der Waals surface area contributed by atoms with Crippen LogP contribution < -0.4 is 0 Å². The maximum atomic E-state index is 2.48. The molecule has 0 saturated heterocycles. The summed E-state index contributed by atoms with van der Waals surface area (Å²) in [5.74, 6) is 0. The van der Waals surface area contributed by atoms with Crippen LogP contribution in [0.1, 0.15) is 50.3 Å². The number of nitrogens with zero attached hydrogens (tertiary/aromatic N) is 1. The van der Waals surface area contributed by atoms with E-state index in [4.69, 9.17) is 0 Å². The van der Waals surface area contributed by atoms with Gasteiger partial charge in [0.1, 0.15) is 0 Å². The molecule has 2 aromatic rings. The Morgan fingerprint density at radius 1 is 0.826 bits per heavy atom. The molecule has 124 valence electrons. The minimum atomic E-state index is 0.0709. The Hall–Kier alpha value is -1.60. The Morgan fingerprint density at radius 3 is 2.04 bits per heavy atom. The Kier molecular flexibility index (Phi) is 6.41. The fourth-order valence-electron chi connectivity index (χ4n) is 3.03. The highest BCUT2D eigenvalue weighted by molar-refractivity contribution is 5.27. The van der Waals surface area contributed by atoms with Crippen molar-refractivity contribution < 1.29 is 0 Å². The van der Waals surface area contributed by atoms with Crippen LogP contribution in [0.15, 0.2) is 54.6 Å². The summed E-state index contributed by atoms with van der Waals surface area (Å²) in [6, 6.07) is 20.0. The van der Waals surface area contributed by atoms with Crippen molar-refractivity contribution in [1.82, 2.24) is 4.90 Å². The SMILES string of the molecule is CCCc1ccc(C(C)(C)N(C)CCCc2ccccc2)cc1. The lowest BCUT2D eigenvalue weighted by atomic mass is 9.91. The molecule has 0 amide bonds. The Morgan fingerprint density at radius 2 is 1.43 bits per heavy atom. The first-order chi connectivity index (χ1) is 11.0. The molecule has 0 aliphatic rings. The third-order valence-corrected chi connectivity index (χ3v) is 4.96. The first kappa shape index (κ1) is 17.7. The molecule has 0 atom stereocenters. The van der Waals surface area contributed by atoms with Crippen LogP contribution in [0, 0.1) is 0 Å². The molecule has 1 nitrogen and oxygen atoms in total. The molecule has 0 unspecified atom stereocenters. The molecule has 0 aliphatic heterocycles. The van der Waals surface area contributed by atoms with E-state index < -0.39 is 0 Å². The molecular weight excluding hydrogens is 278 g/mol. The van der Waals surface area contributed by atoms with Gasteiger partial charge < -0.3 is 0 Å². The molecule has 0 aromatic heterocycles. The monoisotopic (exact) mass is 309 g/mol. The maximum Gasteiger partial charge on any atom is 0.0401 e. The predicted molar refractivity (Wildman–Crippen MR) is 101 cm³/mol. The normalized spacial score (nSPS) is 11.9. The minimum Gasteiger partial charge on any atom is -0.297 e. The van der Waals surface area contributed by atoms with Gasteiger partial charge in [-0.25, -0.2) is 0 Å². The average molecular weight is 309 g/mol. The van der Waals surface area contributed by atoms with Crippen molar-refractivity contribution in [2.45, 2.75) is 52.0 Å². The van der Waals surface area contributed by atoms with Crippen LogP contribution in [0.25, 0.3) is 0 Å². The molecular formula is C22H31N. The van der Waals surface area contributed by atoms with Crippen molar-refractivity contribution >= 4 is 0 Å². The van der Waals surface area contributed by atoms with Crippen LogP contribution >= 0.6 is 0 Å². The van der Waals surface area contributed by atoms with E-state index in [2.05, 4.69) is 87.3 Å². The van der Waals surface area contributed by atoms with Crippen LogP contribution in [0.3, 0.4) is 0 Å². The van der Waals surface area contributed by atoms with Crippen LogP contribution in [0.4, 0.5) is 0 Å². The quantitative estimate of drug-likeness (QED) is 0.627. The molecule has 1 heteroatoms. The van der Waals surface area contributed by atoms with E-state index in [1.807, 2.05) is 0 Å². The van der Waals surface area contributed by atoms with E-state index in [1.54, 1.807) is 0 Å². The van der Waals surface area contributed by atoms with Gasteiger partial charge in [0.05, 0.1) is 0 Å². The molecule has 2 aromatic carbocycles. The van der Waals surface area contributed by atoms with E-state index in [0.29, 0.717) is 0 Å². The van der Waals surface area contributed by atoms with Crippen LogP contribution in [-0.2, 0) is 18.4 Å². The lowest BCUT2D eigenvalue weighted by Gasteiger charge is -2.36. The van der Waals surface area contributed by atoms with Crippen molar-refractivity contribution in [1.29, 1.82) is 0 Å². The highest BCUT2D eigenvalue weighted by Crippen LogP contribution is 2.27. The van der Waals surface area contributed by atoms with Gasteiger partial charge in [0.2, 0.25) is 0 Å². The van der Waals surface area contributed by atoms with Gasteiger partial charge in [0, 0.05) is 5.54 Å². The maximum absolute atomic E-state index is 2.48. The van der Waals surface area contributed by atoms with E-state index in [-0.39, 0.29) is 5.54 Å². The highest BCUT2D eigenvalue weighted by atomic mass is 15.2. The average Bonchev–Trinajstić information content (AvgIpc) is 2.56. The Balaban J connectivity index is 1.92. The second kappa shape index (κ2) is 8.31. The summed E-state index contributed by atoms with van der Waals surface area (Å²) < 4.78 is 0. The second-order valence-corrected chi connectivity index (χ2v) is 7.02. The third-order valence-electron chi connectivity index (χ3n) is 4.96. The summed E-state index contributed by atoms with van der Waals surface area (Å²) >= 11 is 0. The summed E-state index contributed by atoms with van der Waals surface area (Å²) in [6.07, 6.45) is 4.73. The summed E-state index contributed by atoms with van der Waals surface area (Å²) in [4.78, 5) is 2.48. The van der Waals surface area contributed by atoms with Crippen molar-refractivity contribution in [3.05, 3.63) is 71.3 Å². The zero-order valence-electron chi connectivity index (χ0n) is 15.2. The van der Waals surface area contributed by atoms with E-state index >= 15 is 0 Å². The molecule has 0 bridgehead atoms. The largest absolute Gasteiger partial charge is 0.297 e. The molecule has 2 rings (SSSR count). The molecule has 0 saturated carbocycles. The van der Waals surface area contributed by atoms with Gasteiger partial charge >= 0.3 is 0 Å². The van der Waals surface area contributed by atoms with Crippen molar-refractivity contribution in [3.63, 3.8) is 0 Å².